The van der Waals surface area contributed by atoms with Crippen molar-refractivity contribution in [2.45, 2.75) is 80.1 Å². The van der Waals surface area contributed by atoms with Gasteiger partial charge in [-0.2, -0.15) is 0 Å². The Balaban J connectivity index is 3.52. The van der Waals surface area contributed by atoms with Crippen LogP contribution in [0.3, 0.4) is 0 Å². The minimum absolute atomic E-state index is 0.112. The van der Waals surface area contributed by atoms with E-state index in [1.807, 2.05) is 0 Å². The predicted molar refractivity (Wildman–Crippen MR) is 86.7 cm³/mol. The van der Waals surface area contributed by atoms with Crippen LogP contribution in [0.25, 0.3) is 0 Å². The molecular weight excluding hydrogens is 280 g/mol. The lowest BCUT2D eigenvalue weighted by Gasteiger charge is -2.53. The molecule has 1 rings (SSSR count). The maximum atomic E-state index is 12.1. The molecule has 0 atom stereocenters. The van der Waals surface area contributed by atoms with E-state index in [0.717, 1.165) is 6.42 Å². The van der Waals surface area contributed by atoms with Crippen molar-refractivity contribution in [2.75, 3.05) is 0 Å². The molecule has 1 aliphatic rings. The molecule has 0 bridgehead atoms. The summed E-state index contributed by atoms with van der Waals surface area (Å²) in [4.78, 5) is 24.2. The zero-order valence-corrected chi connectivity index (χ0v) is 15.0. The lowest BCUT2D eigenvalue weighted by atomic mass is 9.48. The summed E-state index contributed by atoms with van der Waals surface area (Å²) in [6.45, 7) is 12.4. The van der Waals surface area contributed by atoms with Gasteiger partial charge in [-0.25, -0.2) is 0 Å². The topological polar surface area (TPSA) is 74.6 Å². The molecule has 0 aromatic heterocycles. The van der Waals surface area contributed by atoms with E-state index in [4.69, 9.17) is 0 Å². The van der Waals surface area contributed by atoms with Crippen molar-refractivity contribution in [2.24, 2.45) is 21.7 Å². The van der Waals surface area contributed by atoms with Gasteiger partial charge in [-0.1, -0.05) is 54.4 Å². The Bertz CT molecular complexity index is 407. The van der Waals surface area contributed by atoms with Gasteiger partial charge in [-0.05, 0) is 41.9 Å². The molecule has 1 saturated carbocycles. The number of rotatable bonds is 4. The molecule has 1 fully saturated rings. The van der Waals surface area contributed by atoms with Gasteiger partial charge in [0.2, 0.25) is 0 Å². The zero-order chi connectivity index (χ0) is 17.4. The number of carboxylic acid groups (broad SMARTS) is 2. The summed E-state index contributed by atoms with van der Waals surface area (Å²) in [5, 5.41) is 19.8. The highest BCUT2D eigenvalue weighted by atomic mass is 16.4. The SMILES string of the molecule is CC(C)(C)CC1(CC(C)(C)C)CCCCC1(C(=O)O)C(=O)O. The monoisotopic (exact) mass is 312 g/mol. The second-order valence-electron chi connectivity index (χ2n) is 9.48. The van der Waals surface area contributed by atoms with Crippen LogP contribution in [0.4, 0.5) is 0 Å². The van der Waals surface area contributed by atoms with Crippen molar-refractivity contribution in [3.63, 3.8) is 0 Å². The van der Waals surface area contributed by atoms with Gasteiger partial charge >= 0.3 is 11.9 Å². The van der Waals surface area contributed by atoms with E-state index in [-0.39, 0.29) is 17.3 Å². The van der Waals surface area contributed by atoms with Gasteiger partial charge in [0, 0.05) is 0 Å². The average molecular weight is 312 g/mol. The van der Waals surface area contributed by atoms with Gasteiger partial charge in [0.05, 0.1) is 0 Å². The van der Waals surface area contributed by atoms with Crippen molar-refractivity contribution in [3.8, 4) is 0 Å². The molecule has 0 spiro atoms. The van der Waals surface area contributed by atoms with Crippen LogP contribution in [0.5, 0.6) is 0 Å². The van der Waals surface area contributed by atoms with Crippen LogP contribution in [0, 0.1) is 21.7 Å². The molecule has 0 radical (unpaired) electrons. The van der Waals surface area contributed by atoms with Gasteiger partial charge in [-0.15, -0.1) is 0 Å². The fraction of sp³-hybridized carbons (Fsp3) is 0.889. The van der Waals surface area contributed by atoms with Crippen molar-refractivity contribution in [1.29, 1.82) is 0 Å². The molecule has 0 unspecified atom stereocenters. The van der Waals surface area contributed by atoms with Gasteiger partial charge in [0.1, 0.15) is 0 Å². The molecule has 2 N–H and O–H groups in total. The summed E-state index contributed by atoms with van der Waals surface area (Å²) < 4.78 is 0. The third kappa shape index (κ3) is 3.64. The van der Waals surface area contributed by atoms with E-state index in [2.05, 4.69) is 41.5 Å². The van der Waals surface area contributed by atoms with Gasteiger partial charge in [-0.3, -0.25) is 9.59 Å². The van der Waals surface area contributed by atoms with Crippen molar-refractivity contribution in [1.82, 2.24) is 0 Å². The maximum Gasteiger partial charge on any atom is 0.321 e. The molecule has 0 amide bonds. The van der Waals surface area contributed by atoms with Gasteiger partial charge in [0.15, 0.2) is 5.41 Å². The number of hydrogen-bond acceptors (Lipinski definition) is 2. The van der Waals surface area contributed by atoms with Crippen LogP contribution in [0.1, 0.15) is 80.1 Å². The first-order valence-electron chi connectivity index (χ1n) is 8.23. The van der Waals surface area contributed by atoms with Crippen LogP contribution in [-0.2, 0) is 9.59 Å². The summed E-state index contributed by atoms with van der Waals surface area (Å²) >= 11 is 0. The minimum atomic E-state index is -1.66. The number of carbonyl (C=O) groups is 2. The summed E-state index contributed by atoms with van der Waals surface area (Å²) in [5.74, 6) is -2.32. The molecule has 0 aliphatic heterocycles. The fourth-order valence-electron chi connectivity index (χ4n) is 4.66. The lowest BCUT2D eigenvalue weighted by Crippen LogP contribution is -2.57. The highest BCUT2D eigenvalue weighted by Gasteiger charge is 2.64. The smallest absolute Gasteiger partial charge is 0.321 e. The average Bonchev–Trinajstić information content (AvgIpc) is 2.23. The first kappa shape index (κ1) is 19.0. The standard InChI is InChI=1S/C18H32O4/c1-15(2,3)11-17(12-16(4,5)6)9-7-8-10-18(17,13(19)20)14(21)22/h7-12H2,1-6H3,(H,19,20)(H,21,22). The van der Waals surface area contributed by atoms with Crippen molar-refractivity contribution < 1.29 is 19.8 Å². The highest BCUT2D eigenvalue weighted by molar-refractivity contribution is 5.99. The quantitative estimate of drug-likeness (QED) is 0.745. The van der Waals surface area contributed by atoms with Crippen LogP contribution < -0.4 is 0 Å². The summed E-state index contributed by atoms with van der Waals surface area (Å²) in [6, 6.07) is 0. The number of carboxylic acids is 2. The number of aliphatic carboxylic acids is 2. The first-order valence-corrected chi connectivity index (χ1v) is 8.23. The molecule has 0 saturated heterocycles. The maximum absolute atomic E-state index is 12.1. The van der Waals surface area contributed by atoms with Crippen molar-refractivity contribution in [3.05, 3.63) is 0 Å². The molecule has 128 valence electrons. The molecule has 0 aromatic rings. The Labute approximate surface area is 134 Å². The van der Waals surface area contributed by atoms with E-state index in [1.54, 1.807) is 0 Å². The summed E-state index contributed by atoms with van der Waals surface area (Å²) in [5.41, 5.74) is -2.58. The molecule has 4 nitrogen and oxygen atoms in total. The van der Waals surface area contributed by atoms with Crippen LogP contribution in [-0.4, -0.2) is 22.2 Å². The van der Waals surface area contributed by atoms with Crippen LogP contribution in [0.15, 0.2) is 0 Å². The second kappa shape index (κ2) is 5.86. The molecule has 4 heteroatoms. The fourth-order valence-corrected chi connectivity index (χ4v) is 4.66. The van der Waals surface area contributed by atoms with E-state index < -0.39 is 22.8 Å². The van der Waals surface area contributed by atoms with Gasteiger partial charge in [0.25, 0.3) is 0 Å². The van der Waals surface area contributed by atoms with Crippen molar-refractivity contribution >= 4 is 11.9 Å². The molecule has 0 heterocycles. The molecule has 22 heavy (non-hydrogen) atoms. The Morgan fingerprint density at radius 1 is 0.818 bits per heavy atom. The minimum Gasteiger partial charge on any atom is -0.480 e. The third-order valence-electron chi connectivity index (χ3n) is 4.83. The third-order valence-corrected chi connectivity index (χ3v) is 4.83. The van der Waals surface area contributed by atoms with Crippen LogP contribution in [0.2, 0.25) is 0 Å². The number of hydrogen-bond donors (Lipinski definition) is 2. The van der Waals surface area contributed by atoms with Crippen LogP contribution >= 0.6 is 0 Å². The normalized spacial score (nSPS) is 21.4. The Morgan fingerprint density at radius 3 is 1.50 bits per heavy atom. The Kier molecular flexibility index (Phi) is 5.06. The van der Waals surface area contributed by atoms with E-state index in [0.29, 0.717) is 25.7 Å². The van der Waals surface area contributed by atoms with E-state index in [1.165, 1.54) is 0 Å². The molecular formula is C18H32O4. The second-order valence-corrected chi connectivity index (χ2v) is 9.48. The predicted octanol–water partition coefficient (Wildman–Crippen LogP) is 4.57. The zero-order valence-electron chi connectivity index (χ0n) is 15.0. The lowest BCUT2D eigenvalue weighted by molar-refractivity contribution is -0.187. The van der Waals surface area contributed by atoms with E-state index >= 15 is 0 Å². The summed E-state index contributed by atoms with van der Waals surface area (Å²) in [6.07, 6.45) is 3.75. The van der Waals surface area contributed by atoms with Gasteiger partial charge < -0.3 is 10.2 Å². The Hall–Kier alpha value is -1.06. The highest BCUT2D eigenvalue weighted by Crippen LogP contribution is 2.60. The molecule has 0 aromatic carbocycles. The Morgan fingerprint density at radius 2 is 1.18 bits per heavy atom. The molecule has 1 aliphatic carbocycles. The first-order chi connectivity index (χ1) is 9.76. The van der Waals surface area contributed by atoms with E-state index in [9.17, 15) is 19.8 Å². The largest absolute Gasteiger partial charge is 0.480 e. The summed E-state index contributed by atoms with van der Waals surface area (Å²) in [7, 11) is 0.